The Morgan fingerprint density at radius 3 is 2.53 bits per heavy atom. The van der Waals surface area contributed by atoms with Crippen molar-refractivity contribution in [3.63, 3.8) is 0 Å². The average Bonchev–Trinajstić information content (AvgIpc) is 3.61. The van der Waals surface area contributed by atoms with Gasteiger partial charge in [0.1, 0.15) is 6.04 Å². The molecule has 1 aromatic heterocycles. The van der Waals surface area contributed by atoms with Gasteiger partial charge in [-0.1, -0.05) is 12.1 Å². The molecular weight excluding hydrogens is 460 g/mol. The van der Waals surface area contributed by atoms with E-state index < -0.39 is 22.1 Å². The Hall–Kier alpha value is -3.25. The maximum Gasteiger partial charge on any atom is 0.321 e. The van der Waals surface area contributed by atoms with Gasteiger partial charge < -0.3 is 15.0 Å². The van der Waals surface area contributed by atoms with Crippen LogP contribution in [0.3, 0.4) is 0 Å². The lowest BCUT2D eigenvalue weighted by Gasteiger charge is -2.33. The second-order valence-electron chi connectivity index (χ2n) is 8.65. The number of benzene rings is 1. The van der Waals surface area contributed by atoms with Crippen LogP contribution in [0.25, 0.3) is 0 Å². The molecule has 0 unspecified atom stereocenters. The van der Waals surface area contributed by atoms with Gasteiger partial charge in [-0.15, -0.1) is 0 Å². The van der Waals surface area contributed by atoms with E-state index >= 15 is 0 Å². The minimum atomic E-state index is -3.25. The zero-order valence-corrected chi connectivity index (χ0v) is 19.9. The number of nitrogens with one attached hydrogen (secondary N) is 3. The molecule has 1 aliphatic heterocycles. The van der Waals surface area contributed by atoms with E-state index in [9.17, 15) is 18.0 Å². The van der Waals surface area contributed by atoms with Crippen LogP contribution in [0.1, 0.15) is 31.2 Å². The van der Waals surface area contributed by atoms with E-state index in [0.29, 0.717) is 25.4 Å². The third kappa shape index (κ3) is 5.62. The van der Waals surface area contributed by atoms with Crippen LogP contribution in [0.2, 0.25) is 0 Å². The maximum atomic E-state index is 13.1. The van der Waals surface area contributed by atoms with Gasteiger partial charge in [0.2, 0.25) is 21.8 Å². The molecule has 11 nitrogen and oxygen atoms in total. The number of sulfonamides is 1. The molecule has 1 saturated carbocycles. The van der Waals surface area contributed by atoms with Crippen molar-refractivity contribution >= 4 is 33.5 Å². The first-order chi connectivity index (χ1) is 16.2. The van der Waals surface area contributed by atoms with E-state index in [1.165, 1.54) is 19.5 Å². The third-order valence-corrected chi connectivity index (χ3v) is 6.81. The molecule has 182 valence electrons. The fourth-order valence-corrected chi connectivity index (χ4v) is 4.58. The second-order valence-corrected chi connectivity index (χ2v) is 10.5. The summed E-state index contributed by atoms with van der Waals surface area (Å²) in [6.45, 7) is 0.927. The van der Waals surface area contributed by atoms with Crippen LogP contribution >= 0.6 is 0 Å². The highest BCUT2D eigenvalue weighted by atomic mass is 32.2. The van der Waals surface area contributed by atoms with Crippen LogP contribution < -0.4 is 25.0 Å². The molecule has 0 radical (unpaired) electrons. The Balaban J connectivity index is 1.37. The third-order valence-electron chi connectivity index (χ3n) is 6.14. The molecule has 1 aliphatic carbocycles. The predicted molar refractivity (Wildman–Crippen MR) is 126 cm³/mol. The molecule has 34 heavy (non-hydrogen) atoms. The van der Waals surface area contributed by atoms with Crippen LogP contribution in [0, 0.1) is 0 Å². The fraction of sp³-hybridized carbons (Fsp3) is 0.455. The van der Waals surface area contributed by atoms with Crippen molar-refractivity contribution in [2.24, 2.45) is 0 Å². The lowest BCUT2D eigenvalue weighted by molar-refractivity contribution is -0.121. The van der Waals surface area contributed by atoms with Crippen molar-refractivity contribution in [2.45, 2.75) is 37.1 Å². The highest BCUT2D eigenvalue weighted by molar-refractivity contribution is 7.88. The van der Waals surface area contributed by atoms with Crippen LogP contribution in [0.4, 0.5) is 16.3 Å². The van der Waals surface area contributed by atoms with Gasteiger partial charge in [0.15, 0.2) is 5.82 Å². The van der Waals surface area contributed by atoms with Crippen molar-refractivity contribution in [3.8, 4) is 5.88 Å². The number of piperidine rings is 1. The number of rotatable bonds is 8. The van der Waals surface area contributed by atoms with E-state index in [4.69, 9.17) is 4.74 Å². The number of carbonyl (C=O) groups excluding carboxylic acids is 2. The molecule has 4 rings (SSSR count). The first-order valence-corrected chi connectivity index (χ1v) is 12.9. The van der Waals surface area contributed by atoms with E-state index in [2.05, 4.69) is 25.3 Å². The molecule has 2 aliphatic rings. The molecular formula is C22H28N6O5S. The summed E-state index contributed by atoms with van der Waals surface area (Å²) in [7, 11) is -1.78. The number of aromatic nitrogens is 2. The smallest absolute Gasteiger partial charge is 0.321 e. The molecule has 2 heterocycles. The first-order valence-electron chi connectivity index (χ1n) is 11.0. The Morgan fingerprint density at radius 2 is 1.94 bits per heavy atom. The highest BCUT2D eigenvalue weighted by Crippen LogP contribution is 2.48. The largest absolute Gasteiger partial charge is 0.480 e. The standard InChI is InChI=1S/C22H28N6O5S/c1-33-19-13-23-18(12-24-19)27-21(30)26-17-4-3-11-28(20(17)29)16-7-5-15(6-8-16)22(9-10-22)14-25-34(2,31)32/h5-8,12-13,17,25H,3-4,9-11,14H2,1-2H3,(H2,23,26,27,30)/t17-/m0/s1. The Labute approximate surface area is 198 Å². The van der Waals surface area contributed by atoms with E-state index in [0.717, 1.165) is 36.8 Å². The molecule has 0 spiro atoms. The van der Waals surface area contributed by atoms with Crippen molar-refractivity contribution in [1.82, 2.24) is 20.0 Å². The molecule has 0 bridgehead atoms. The fourth-order valence-electron chi connectivity index (χ4n) is 4.04. The predicted octanol–water partition coefficient (Wildman–Crippen LogP) is 1.38. The normalized spacial score (nSPS) is 19.4. The van der Waals surface area contributed by atoms with Crippen molar-refractivity contribution < 1.29 is 22.7 Å². The Morgan fingerprint density at radius 1 is 1.21 bits per heavy atom. The lowest BCUT2D eigenvalue weighted by Crippen LogP contribution is -2.53. The lowest BCUT2D eigenvalue weighted by atomic mass is 9.95. The number of urea groups is 1. The first kappa shape index (κ1) is 23.9. The summed E-state index contributed by atoms with van der Waals surface area (Å²) in [5, 5.41) is 5.29. The van der Waals surface area contributed by atoms with Gasteiger partial charge in [0, 0.05) is 24.2 Å². The zero-order valence-electron chi connectivity index (χ0n) is 19.1. The Kier molecular flexibility index (Phi) is 6.71. The highest BCUT2D eigenvalue weighted by Gasteiger charge is 2.44. The molecule has 12 heteroatoms. The number of amides is 3. The molecule has 1 aromatic carbocycles. The number of hydrogen-bond acceptors (Lipinski definition) is 7. The second kappa shape index (κ2) is 9.55. The number of nitrogens with zero attached hydrogens (tertiary/aromatic N) is 3. The molecule has 1 saturated heterocycles. The van der Waals surface area contributed by atoms with Crippen LogP contribution in [0.15, 0.2) is 36.7 Å². The van der Waals surface area contributed by atoms with Gasteiger partial charge in [0.25, 0.3) is 0 Å². The maximum absolute atomic E-state index is 13.1. The van der Waals surface area contributed by atoms with Crippen LogP contribution in [-0.2, 0) is 20.2 Å². The monoisotopic (exact) mass is 488 g/mol. The summed E-state index contributed by atoms with van der Waals surface area (Å²) in [6.07, 6.45) is 7.01. The van der Waals surface area contributed by atoms with Gasteiger partial charge in [-0.2, -0.15) is 0 Å². The topological polar surface area (TPSA) is 143 Å². The van der Waals surface area contributed by atoms with Crippen molar-refractivity contribution in [3.05, 3.63) is 42.2 Å². The minimum absolute atomic E-state index is 0.181. The SMILES string of the molecule is COc1cnc(NC(=O)N[C@H]2CCCN(c3ccc(C4(CNS(C)(=O)=O)CC4)cc3)C2=O)cn1. The summed E-state index contributed by atoms with van der Waals surface area (Å²) in [5.41, 5.74) is 1.61. The summed E-state index contributed by atoms with van der Waals surface area (Å²) in [6, 6.07) is 6.46. The molecule has 3 N–H and O–H groups in total. The van der Waals surface area contributed by atoms with E-state index in [1.54, 1.807) is 4.90 Å². The number of ether oxygens (including phenoxy) is 1. The van der Waals surface area contributed by atoms with Gasteiger partial charge in [-0.05, 0) is 43.4 Å². The summed E-state index contributed by atoms with van der Waals surface area (Å²) >= 11 is 0. The summed E-state index contributed by atoms with van der Waals surface area (Å²) in [4.78, 5) is 35.1. The van der Waals surface area contributed by atoms with Gasteiger partial charge in [-0.25, -0.2) is 27.9 Å². The molecule has 1 atom stereocenters. The number of carbonyl (C=O) groups is 2. The van der Waals surface area contributed by atoms with Gasteiger partial charge in [0.05, 0.1) is 25.8 Å². The van der Waals surface area contributed by atoms with Crippen molar-refractivity contribution in [2.75, 3.05) is 36.7 Å². The van der Waals surface area contributed by atoms with Crippen LogP contribution in [0.5, 0.6) is 5.88 Å². The number of methoxy groups -OCH3 is 1. The van der Waals surface area contributed by atoms with E-state index in [-0.39, 0.29) is 17.1 Å². The summed E-state index contributed by atoms with van der Waals surface area (Å²) in [5.74, 6) is 0.387. The average molecular weight is 489 g/mol. The van der Waals surface area contributed by atoms with Crippen molar-refractivity contribution in [1.29, 1.82) is 0 Å². The quantitative estimate of drug-likeness (QED) is 0.509. The van der Waals surface area contributed by atoms with Crippen LogP contribution in [-0.4, -0.2) is 62.8 Å². The van der Waals surface area contributed by atoms with Gasteiger partial charge in [-0.3, -0.25) is 10.1 Å². The summed E-state index contributed by atoms with van der Waals surface area (Å²) < 4.78 is 30.5. The molecule has 2 aromatic rings. The Bertz CT molecular complexity index is 1150. The number of anilines is 2. The molecule has 3 amide bonds. The molecule has 2 fully saturated rings. The van der Waals surface area contributed by atoms with Gasteiger partial charge >= 0.3 is 6.03 Å². The zero-order chi connectivity index (χ0) is 24.3. The van der Waals surface area contributed by atoms with E-state index in [1.807, 2.05) is 24.3 Å². The minimum Gasteiger partial charge on any atom is -0.480 e. The number of hydrogen-bond donors (Lipinski definition) is 3.